The summed E-state index contributed by atoms with van der Waals surface area (Å²) in [6.45, 7) is 2.08. The number of benzene rings is 1. The summed E-state index contributed by atoms with van der Waals surface area (Å²) in [5.41, 5.74) is 0.948. The fourth-order valence-electron chi connectivity index (χ4n) is 1.26. The Morgan fingerprint density at radius 2 is 2.00 bits per heavy atom. The number of aryl methyl sites for hydroxylation is 1. The van der Waals surface area contributed by atoms with Crippen LogP contribution in [0.3, 0.4) is 0 Å². The van der Waals surface area contributed by atoms with Crippen molar-refractivity contribution in [2.45, 2.75) is 19.8 Å². The Morgan fingerprint density at radius 1 is 1.20 bits per heavy atom. The van der Waals surface area contributed by atoms with Gasteiger partial charge in [0.1, 0.15) is 0 Å². The summed E-state index contributed by atoms with van der Waals surface area (Å²) in [6.07, 6.45) is 1.83. The minimum absolute atomic E-state index is 0.449. The second-order valence-corrected chi connectivity index (χ2v) is 3.24. The molecule has 0 saturated carbocycles. The third-order valence-electron chi connectivity index (χ3n) is 1.96. The van der Waals surface area contributed by atoms with Gasteiger partial charge in [0, 0.05) is 12.1 Å². The molecule has 1 heterocycles. The SMILES string of the molecule is CCCc1nnc(Nc2ccccc2)o1. The molecule has 2 aromatic rings. The van der Waals surface area contributed by atoms with Crippen LogP contribution in [0.4, 0.5) is 11.7 Å². The van der Waals surface area contributed by atoms with Crippen molar-refractivity contribution in [2.24, 2.45) is 0 Å². The molecule has 4 heteroatoms. The lowest BCUT2D eigenvalue weighted by Crippen LogP contribution is -1.88. The van der Waals surface area contributed by atoms with E-state index in [0.29, 0.717) is 11.9 Å². The zero-order chi connectivity index (χ0) is 10.5. The summed E-state index contributed by atoms with van der Waals surface area (Å²) in [7, 11) is 0. The summed E-state index contributed by atoms with van der Waals surface area (Å²) in [5.74, 6) is 0.677. The third-order valence-corrected chi connectivity index (χ3v) is 1.96. The van der Waals surface area contributed by atoms with Crippen LogP contribution in [-0.2, 0) is 6.42 Å². The van der Waals surface area contributed by atoms with Gasteiger partial charge in [-0.1, -0.05) is 30.2 Å². The number of aromatic nitrogens is 2. The van der Waals surface area contributed by atoms with E-state index in [2.05, 4.69) is 22.4 Å². The Kier molecular flexibility index (Phi) is 2.97. The van der Waals surface area contributed by atoms with E-state index in [-0.39, 0.29) is 0 Å². The van der Waals surface area contributed by atoms with E-state index in [4.69, 9.17) is 4.42 Å². The van der Waals surface area contributed by atoms with E-state index in [1.807, 2.05) is 30.3 Å². The molecule has 15 heavy (non-hydrogen) atoms. The molecule has 1 N–H and O–H groups in total. The van der Waals surface area contributed by atoms with Gasteiger partial charge in [-0.3, -0.25) is 0 Å². The van der Waals surface area contributed by atoms with Crippen molar-refractivity contribution >= 4 is 11.7 Å². The lowest BCUT2D eigenvalue weighted by Gasteiger charge is -1.98. The molecule has 0 bridgehead atoms. The smallest absolute Gasteiger partial charge is 0.320 e. The van der Waals surface area contributed by atoms with Gasteiger partial charge in [0.15, 0.2) is 0 Å². The Balaban J connectivity index is 2.05. The van der Waals surface area contributed by atoms with Crippen LogP contribution in [0.15, 0.2) is 34.7 Å². The predicted molar refractivity (Wildman–Crippen MR) is 58.0 cm³/mol. The van der Waals surface area contributed by atoms with Crippen LogP contribution in [0.5, 0.6) is 0 Å². The first kappa shape index (κ1) is 9.71. The first-order valence-corrected chi connectivity index (χ1v) is 5.03. The van der Waals surface area contributed by atoms with E-state index < -0.39 is 0 Å². The van der Waals surface area contributed by atoms with Crippen LogP contribution in [0.25, 0.3) is 0 Å². The Morgan fingerprint density at radius 3 is 2.73 bits per heavy atom. The van der Waals surface area contributed by atoms with Crippen molar-refractivity contribution in [1.82, 2.24) is 10.2 Å². The first-order chi connectivity index (χ1) is 7.38. The molecule has 1 aromatic heterocycles. The van der Waals surface area contributed by atoms with Crippen LogP contribution in [0, 0.1) is 0 Å². The van der Waals surface area contributed by atoms with Crippen molar-refractivity contribution in [3.63, 3.8) is 0 Å². The van der Waals surface area contributed by atoms with Crippen LogP contribution < -0.4 is 5.32 Å². The van der Waals surface area contributed by atoms with Crippen LogP contribution in [0.1, 0.15) is 19.2 Å². The molecule has 0 aliphatic rings. The largest absolute Gasteiger partial charge is 0.408 e. The summed E-state index contributed by atoms with van der Waals surface area (Å²) >= 11 is 0. The average molecular weight is 203 g/mol. The Hall–Kier alpha value is -1.84. The molecule has 0 radical (unpaired) electrons. The van der Waals surface area contributed by atoms with E-state index in [0.717, 1.165) is 18.5 Å². The van der Waals surface area contributed by atoms with Gasteiger partial charge in [0.05, 0.1) is 0 Å². The number of anilines is 2. The summed E-state index contributed by atoms with van der Waals surface area (Å²) in [6, 6.07) is 10.2. The minimum Gasteiger partial charge on any atom is -0.408 e. The number of nitrogens with zero attached hydrogens (tertiary/aromatic N) is 2. The van der Waals surface area contributed by atoms with E-state index in [1.54, 1.807) is 0 Å². The van der Waals surface area contributed by atoms with Gasteiger partial charge in [-0.05, 0) is 18.6 Å². The Labute approximate surface area is 88.3 Å². The molecule has 78 valence electrons. The van der Waals surface area contributed by atoms with Crippen molar-refractivity contribution in [1.29, 1.82) is 0 Å². The van der Waals surface area contributed by atoms with Gasteiger partial charge in [-0.15, -0.1) is 5.10 Å². The summed E-state index contributed by atoms with van der Waals surface area (Å²) < 4.78 is 5.39. The molecule has 0 unspecified atom stereocenters. The van der Waals surface area contributed by atoms with E-state index in [9.17, 15) is 0 Å². The topological polar surface area (TPSA) is 51.0 Å². The van der Waals surface area contributed by atoms with Gasteiger partial charge in [-0.2, -0.15) is 0 Å². The molecular weight excluding hydrogens is 190 g/mol. The molecule has 0 atom stereocenters. The number of hydrogen-bond acceptors (Lipinski definition) is 4. The molecule has 2 rings (SSSR count). The minimum atomic E-state index is 0.449. The number of hydrogen-bond donors (Lipinski definition) is 1. The molecule has 1 aromatic carbocycles. The highest BCUT2D eigenvalue weighted by Gasteiger charge is 2.04. The molecule has 0 spiro atoms. The third kappa shape index (κ3) is 2.56. The van der Waals surface area contributed by atoms with Crippen LogP contribution in [0.2, 0.25) is 0 Å². The maximum Gasteiger partial charge on any atom is 0.320 e. The van der Waals surface area contributed by atoms with Crippen molar-refractivity contribution in [2.75, 3.05) is 5.32 Å². The highest BCUT2D eigenvalue weighted by Crippen LogP contribution is 2.14. The van der Waals surface area contributed by atoms with Gasteiger partial charge >= 0.3 is 6.01 Å². The fourth-order valence-corrected chi connectivity index (χ4v) is 1.26. The monoisotopic (exact) mass is 203 g/mol. The summed E-state index contributed by atoms with van der Waals surface area (Å²) in [4.78, 5) is 0. The maximum atomic E-state index is 5.39. The average Bonchev–Trinajstić information content (AvgIpc) is 2.68. The van der Waals surface area contributed by atoms with Crippen LogP contribution in [-0.4, -0.2) is 10.2 Å². The van der Waals surface area contributed by atoms with Crippen molar-refractivity contribution < 1.29 is 4.42 Å². The molecular formula is C11H13N3O. The molecule has 0 aliphatic carbocycles. The molecule has 0 amide bonds. The first-order valence-electron chi connectivity index (χ1n) is 5.03. The van der Waals surface area contributed by atoms with Gasteiger partial charge in [0.2, 0.25) is 5.89 Å². The zero-order valence-corrected chi connectivity index (χ0v) is 8.60. The van der Waals surface area contributed by atoms with Crippen molar-refractivity contribution in [3.05, 3.63) is 36.2 Å². The van der Waals surface area contributed by atoms with Crippen molar-refractivity contribution in [3.8, 4) is 0 Å². The number of rotatable bonds is 4. The van der Waals surface area contributed by atoms with E-state index >= 15 is 0 Å². The highest BCUT2D eigenvalue weighted by atomic mass is 16.4. The quantitative estimate of drug-likeness (QED) is 0.830. The zero-order valence-electron chi connectivity index (χ0n) is 8.60. The maximum absolute atomic E-state index is 5.39. The lowest BCUT2D eigenvalue weighted by atomic mass is 10.3. The molecule has 0 fully saturated rings. The lowest BCUT2D eigenvalue weighted by molar-refractivity contribution is 0.505. The molecule has 0 aliphatic heterocycles. The van der Waals surface area contributed by atoms with Crippen LogP contribution >= 0.6 is 0 Å². The van der Waals surface area contributed by atoms with E-state index in [1.165, 1.54) is 0 Å². The summed E-state index contributed by atoms with van der Waals surface area (Å²) in [5, 5.41) is 10.9. The standard InChI is InChI=1S/C11H13N3O/c1-2-6-10-13-14-11(15-10)12-9-7-4-3-5-8-9/h3-5,7-8H,2,6H2,1H3,(H,12,14). The van der Waals surface area contributed by atoms with Gasteiger partial charge in [0.25, 0.3) is 0 Å². The highest BCUT2D eigenvalue weighted by molar-refractivity contribution is 5.50. The number of para-hydroxylation sites is 1. The molecule has 0 saturated heterocycles. The van der Waals surface area contributed by atoms with Gasteiger partial charge < -0.3 is 9.73 Å². The fraction of sp³-hybridized carbons (Fsp3) is 0.273. The van der Waals surface area contributed by atoms with Gasteiger partial charge in [-0.25, -0.2) is 0 Å². The number of nitrogens with one attached hydrogen (secondary N) is 1. The Bertz CT molecular complexity index is 411. The second-order valence-electron chi connectivity index (χ2n) is 3.24. The second kappa shape index (κ2) is 4.59. The normalized spacial score (nSPS) is 10.2. The predicted octanol–water partition coefficient (Wildman–Crippen LogP) is 2.77. The molecule has 4 nitrogen and oxygen atoms in total.